The number of rotatable bonds is 5. The lowest BCUT2D eigenvalue weighted by atomic mass is 9.95. The molecule has 1 fully saturated rings. The third kappa shape index (κ3) is 4.03. The first-order chi connectivity index (χ1) is 13.7. The molecule has 0 unspecified atom stereocenters. The summed E-state index contributed by atoms with van der Waals surface area (Å²) in [6.45, 7) is 1.40. The van der Waals surface area contributed by atoms with Crippen LogP contribution in [0, 0.1) is 0 Å². The summed E-state index contributed by atoms with van der Waals surface area (Å²) in [5.74, 6) is 2.27. The van der Waals surface area contributed by atoms with Crippen LogP contribution >= 0.6 is 0 Å². The molecule has 0 N–H and O–H groups in total. The highest BCUT2D eigenvalue weighted by atomic mass is 16.5. The fourth-order valence-corrected chi connectivity index (χ4v) is 3.41. The number of amides is 1. The predicted octanol–water partition coefficient (Wildman–Crippen LogP) is 3.09. The molecular weight excluding hydrogens is 356 g/mol. The topological polar surface area (TPSA) is 81.4 Å². The zero-order valence-corrected chi connectivity index (χ0v) is 15.7. The maximum atomic E-state index is 12.6. The Morgan fingerprint density at radius 3 is 2.64 bits per heavy atom. The fourth-order valence-electron chi connectivity index (χ4n) is 3.41. The molecule has 1 amide bonds. The number of aromatic nitrogens is 3. The highest BCUT2D eigenvalue weighted by Gasteiger charge is 2.27. The minimum atomic E-state index is 0.144. The molecule has 2 aromatic heterocycles. The first kappa shape index (κ1) is 18.2. The number of hydrogen-bond donors (Lipinski definition) is 0. The molecule has 0 saturated carbocycles. The molecule has 144 valence electrons. The standard InChI is InChI=1S/C21H22N4O3/c1-27-17-7-5-15(6-8-17)14-19(26)25-12-9-16(10-13-25)20-23-21(28-24-20)18-4-2-3-11-22-18/h2-8,11,16H,9-10,12-14H2,1H3. The van der Waals surface area contributed by atoms with E-state index < -0.39 is 0 Å². The van der Waals surface area contributed by atoms with E-state index in [1.807, 2.05) is 47.4 Å². The summed E-state index contributed by atoms with van der Waals surface area (Å²) in [5.41, 5.74) is 1.67. The van der Waals surface area contributed by atoms with E-state index in [2.05, 4.69) is 15.1 Å². The van der Waals surface area contributed by atoms with Gasteiger partial charge in [0.05, 0.1) is 13.5 Å². The minimum Gasteiger partial charge on any atom is -0.497 e. The van der Waals surface area contributed by atoms with Crippen molar-refractivity contribution in [3.8, 4) is 17.3 Å². The second-order valence-corrected chi connectivity index (χ2v) is 6.85. The molecule has 0 aliphatic carbocycles. The van der Waals surface area contributed by atoms with Gasteiger partial charge < -0.3 is 14.2 Å². The molecule has 1 aliphatic rings. The number of nitrogens with zero attached hydrogens (tertiary/aromatic N) is 4. The molecule has 1 aromatic carbocycles. The third-order valence-electron chi connectivity index (χ3n) is 5.05. The summed E-state index contributed by atoms with van der Waals surface area (Å²) in [6, 6.07) is 13.2. The van der Waals surface area contributed by atoms with E-state index in [1.54, 1.807) is 13.3 Å². The van der Waals surface area contributed by atoms with Crippen molar-refractivity contribution in [2.24, 2.45) is 0 Å². The summed E-state index contributed by atoms with van der Waals surface area (Å²) < 4.78 is 10.5. The average Bonchev–Trinajstić information content (AvgIpc) is 3.25. The Balaban J connectivity index is 1.33. The Hall–Kier alpha value is -3.22. The molecule has 0 spiro atoms. The van der Waals surface area contributed by atoms with E-state index in [0.29, 0.717) is 36.9 Å². The van der Waals surface area contributed by atoms with Gasteiger partial charge >= 0.3 is 0 Å². The van der Waals surface area contributed by atoms with Gasteiger partial charge in [-0.25, -0.2) is 0 Å². The summed E-state index contributed by atoms with van der Waals surface area (Å²) in [4.78, 5) is 23.2. The second kappa shape index (κ2) is 8.21. The van der Waals surface area contributed by atoms with Crippen molar-refractivity contribution in [1.82, 2.24) is 20.0 Å². The maximum absolute atomic E-state index is 12.6. The van der Waals surface area contributed by atoms with Gasteiger partial charge in [-0.1, -0.05) is 23.4 Å². The smallest absolute Gasteiger partial charge is 0.276 e. The molecule has 1 saturated heterocycles. The van der Waals surface area contributed by atoms with Gasteiger partial charge in [0.1, 0.15) is 11.4 Å². The van der Waals surface area contributed by atoms with Crippen LogP contribution in [-0.2, 0) is 11.2 Å². The van der Waals surface area contributed by atoms with Crippen molar-refractivity contribution in [2.75, 3.05) is 20.2 Å². The van der Waals surface area contributed by atoms with Gasteiger partial charge in [0.2, 0.25) is 5.91 Å². The monoisotopic (exact) mass is 378 g/mol. The number of hydrogen-bond acceptors (Lipinski definition) is 6. The predicted molar refractivity (Wildman–Crippen MR) is 103 cm³/mol. The molecule has 7 nitrogen and oxygen atoms in total. The molecule has 7 heteroatoms. The van der Waals surface area contributed by atoms with Gasteiger partial charge in [0, 0.05) is 25.2 Å². The Kier molecular flexibility index (Phi) is 5.32. The molecular formula is C21H22N4O3. The summed E-state index contributed by atoms with van der Waals surface area (Å²) in [7, 11) is 1.63. The largest absolute Gasteiger partial charge is 0.497 e. The lowest BCUT2D eigenvalue weighted by molar-refractivity contribution is -0.131. The van der Waals surface area contributed by atoms with Crippen LogP contribution in [0.25, 0.3) is 11.6 Å². The van der Waals surface area contributed by atoms with Crippen LogP contribution in [0.2, 0.25) is 0 Å². The number of pyridine rings is 1. The van der Waals surface area contributed by atoms with Crippen molar-refractivity contribution < 1.29 is 14.1 Å². The first-order valence-corrected chi connectivity index (χ1v) is 9.38. The van der Waals surface area contributed by atoms with E-state index >= 15 is 0 Å². The Bertz CT molecular complexity index is 916. The van der Waals surface area contributed by atoms with Gasteiger partial charge in [0.15, 0.2) is 5.82 Å². The molecule has 28 heavy (non-hydrogen) atoms. The zero-order chi connectivity index (χ0) is 19.3. The number of benzene rings is 1. The van der Waals surface area contributed by atoms with Crippen molar-refractivity contribution in [2.45, 2.75) is 25.2 Å². The molecule has 3 heterocycles. The quantitative estimate of drug-likeness (QED) is 0.679. The van der Waals surface area contributed by atoms with Crippen LogP contribution in [0.1, 0.15) is 30.1 Å². The van der Waals surface area contributed by atoms with Crippen molar-refractivity contribution in [3.05, 3.63) is 60.0 Å². The van der Waals surface area contributed by atoms with E-state index in [0.717, 1.165) is 24.2 Å². The molecule has 0 bridgehead atoms. The van der Waals surface area contributed by atoms with Gasteiger partial charge in [-0.2, -0.15) is 4.98 Å². The number of methoxy groups -OCH3 is 1. The summed E-state index contributed by atoms with van der Waals surface area (Å²) in [6.07, 6.45) is 3.76. The highest BCUT2D eigenvalue weighted by molar-refractivity contribution is 5.78. The minimum absolute atomic E-state index is 0.144. The van der Waals surface area contributed by atoms with Crippen LogP contribution in [0.15, 0.2) is 53.2 Å². The van der Waals surface area contributed by atoms with Gasteiger partial charge in [-0.15, -0.1) is 0 Å². The first-order valence-electron chi connectivity index (χ1n) is 9.38. The SMILES string of the molecule is COc1ccc(CC(=O)N2CCC(c3noc(-c4ccccn4)n3)CC2)cc1. The number of ether oxygens (including phenoxy) is 1. The van der Waals surface area contributed by atoms with Crippen molar-refractivity contribution in [1.29, 1.82) is 0 Å². The number of carbonyl (C=O) groups excluding carboxylic acids is 1. The van der Waals surface area contributed by atoms with E-state index in [4.69, 9.17) is 9.26 Å². The fraction of sp³-hybridized carbons (Fsp3) is 0.333. The normalized spacial score (nSPS) is 14.8. The van der Waals surface area contributed by atoms with Crippen molar-refractivity contribution >= 4 is 5.91 Å². The third-order valence-corrected chi connectivity index (χ3v) is 5.05. The molecule has 4 rings (SSSR count). The lowest BCUT2D eigenvalue weighted by Gasteiger charge is -2.30. The second-order valence-electron chi connectivity index (χ2n) is 6.85. The van der Waals surface area contributed by atoms with Crippen LogP contribution in [-0.4, -0.2) is 46.1 Å². The summed E-state index contributed by atoms with van der Waals surface area (Å²) >= 11 is 0. The van der Waals surface area contributed by atoms with Gasteiger partial charge in [-0.05, 0) is 42.7 Å². The molecule has 0 radical (unpaired) electrons. The van der Waals surface area contributed by atoms with Gasteiger partial charge in [0.25, 0.3) is 5.89 Å². The Morgan fingerprint density at radius 2 is 1.96 bits per heavy atom. The number of carbonyl (C=O) groups is 1. The summed E-state index contributed by atoms with van der Waals surface area (Å²) in [5, 5.41) is 4.13. The number of likely N-dealkylation sites (tertiary alicyclic amines) is 1. The Morgan fingerprint density at radius 1 is 1.18 bits per heavy atom. The van der Waals surface area contributed by atoms with E-state index in [1.165, 1.54) is 0 Å². The van der Waals surface area contributed by atoms with Crippen LogP contribution in [0.3, 0.4) is 0 Å². The van der Waals surface area contributed by atoms with E-state index in [9.17, 15) is 4.79 Å². The number of piperidine rings is 1. The lowest BCUT2D eigenvalue weighted by Crippen LogP contribution is -2.39. The van der Waals surface area contributed by atoms with Gasteiger partial charge in [-0.3, -0.25) is 9.78 Å². The average molecular weight is 378 g/mol. The van der Waals surface area contributed by atoms with Crippen LogP contribution in [0.4, 0.5) is 0 Å². The molecule has 3 aromatic rings. The van der Waals surface area contributed by atoms with Crippen LogP contribution in [0.5, 0.6) is 5.75 Å². The molecule has 0 atom stereocenters. The Labute approximate surface area is 163 Å². The van der Waals surface area contributed by atoms with Crippen molar-refractivity contribution in [3.63, 3.8) is 0 Å². The van der Waals surface area contributed by atoms with Crippen LogP contribution < -0.4 is 4.74 Å². The maximum Gasteiger partial charge on any atom is 0.276 e. The highest BCUT2D eigenvalue weighted by Crippen LogP contribution is 2.28. The zero-order valence-electron chi connectivity index (χ0n) is 15.7. The molecule has 1 aliphatic heterocycles. The van der Waals surface area contributed by atoms with E-state index in [-0.39, 0.29) is 11.8 Å².